The van der Waals surface area contributed by atoms with Crippen LogP contribution in [-0.4, -0.2) is 21.1 Å². The van der Waals surface area contributed by atoms with E-state index in [0.29, 0.717) is 18.2 Å². The molecule has 2 aromatic rings. The number of H-pyrrole nitrogens is 1. The zero-order valence-electron chi connectivity index (χ0n) is 12.8. The fraction of sp³-hybridized carbons (Fsp3) is 0.400. The van der Waals surface area contributed by atoms with Gasteiger partial charge in [-0.05, 0) is 30.7 Å². The number of nitrogens with two attached hydrogens (primary N) is 1. The molecule has 1 amide bonds. The molecule has 6 nitrogen and oxygen atoms in total. The lowest BCUT2D eigenvalue weighted by molar-refractivity contribution is -0.119. The third-order valence-corrected chi connectivity index (χ3v) is 3.30. The maximum atomic E-state index is 11.9. The first-order valence-electron chi connectivity index (χ1n) is 7.16. The lowest BCUT2D eigenvalue weighted by Crippen LogP contribution is -2.20. The summed E-state index contributed by atoms with van der Waals surface area (Å²) in [5, 5.41) is 9.78. The van der Waals surface area contributed by atoms with Crippen molar-refractivity contribution in [2.75, 3.05) is 5.32 Å². The zero-order valence-corrected chi connectivity index (χ0v) is 13.6. The van der Waals surface area contributed by atoms with Crippen molar-refractivity contribution in [1.29, 1.82) is 0 Å². The number of carbonyl (C=O) groups is 1. The van der Waals surface area contributed by atoms with Crippen molar-refractivity contribution in [3.63, 3.8) is 0 Å². The van der Waals surface area contributed by atoms with Gasteiger partial charge in [0, 0.05) is 17.2 Å². The highest BCUT2D eigenvalue weighted by Gasteiger charge is 2.12. The average Bonchev–Trinajstić information content (AvgIpc) is 2.97. The number of aromatic nitrogens is 3. The molecule has 1 heterocycles. The molecule has 0 saturated heterocycles. The van der Waals surface area contributed by atoms with Gasteiger partial charge in [0.15, 0.2) is 5.82 Å². The molecule has 0 saturated carbocycles. The Hall–Kier alpha value is -1.92. The van der Waals surface area contributed by atoms with Gasteiger partial charge >= 0.3 is 0 Å². The van der Waals surface area contributed by atoms with Gasteiger partial charge < -0.3 is 11.1 Å². The highest BCUT2D eigenvalue weighted by atomic mass is 35.5. The van der Waals surface area contributed by atoms with Gasteiger partial charge in [-0.2, -0.15) is 5.10 Å². The number of aromatic amines is 1. The smallest absolute Gasteiger partial charge is 0.227 e. The molecule has 0 fully saturated rings. The van der Waals surface area contributed by atoms with Gasteiger partial charge in [0.2, 0.25) is 5.91 Å². The van der Waals surface area contributed by atoms with Crippen LogP contribution in [0.4, 0.5) is 5.69 Å². The summed E-state index contributed by atoms with van der Waals surface area (Å²) < 4.78 is 0. The first-order valence-corrected chi connectivity index (χ1v) is 7.16. The molecule has 1 aromatic heterocycles. The van der Waals surface area contributed by atoms with E-state index in [0.717, 1.165) is 24.1 Å². The van der Waals surface area contributed by atoms with Gasteiger partial charge in [0.1, 0.15) is 5.82 Å². The minimum absolute atomic E-state index is 0. The predicted molar refractivity (Wildman–Crippen MR) is 89.7 cm³/mol. The first kappa shape index (κ1) is 18.1. The van der Waals surface area contributed by atoms with Crippen LogP contribution in [0.5, 0.6) is 0 Å². The minimum Gasteiger partial charge on any atom is -0.326 e. The molecule has 0 spiro atoms. The molecule has 0 aliphatic rings. The Balaban J connectivity index is 0.00000242. The molecule has 120 valence electrons. The van der Waals surface area contributed by atoms with Gasteiger partial charge in [-0.3, -0.25) is 9.89 Å². The van der Waals surface area contributed by atoms with E-state index in [2.05, 4.69) is 27.4 Å². The Morgan fingerprint density at radius 3 is 2.59 bits per heavy atom. The van der Waals surface area contributed by atoms with Gasteiger partial charge in [-0.15, -0.1) is 12.4 Å². The van der Waals surface area contributed by atoms with Crippen LogP contribution < -0.4 is 11.1 Å². The van der Waals surface area contributed by atoms with Crippen molar-refractivity contribution in [3.8, 4) is 11.4 Å². The van der Waals surface area contributed by atoms with Crippen molar-refractivity contribution < 1.29 is 4.79 Å². The molecule has 4 N–H and O–H groups in total. The number of anilines is 1. The van der Waals surface area contributed by atoms with Crippen molar-refractivity contribution in [2.24, 2.45) is 11.7 Å². The number of hydrogen-bond acceptors (Lipinski definition) is 4. The number of halogens is 1. The Kier molecular flexibility index (Phi) is 7.01. The summed E-state index contributed by atoms with van der Waals surface area (Å²) in [5.74, 6) is 1.33. The lowest BCUT2D eigenvalue weighted by Gasteiger charge is -2.11. The zero-order chi connectivity index (χ0) is 15.2. The number of benzene rings is 1. The number of nitrogens with one attached hydrogen (secondary N) is 2. The Bertz CT molecular complexity index is 596. The summed E-state index contributed by atoms with van der Waals surface area (Å²) in [6.45, 7) is 4.34. The molecule has 0 aliphatic carbocycles. The van der Waals surface area contributed by atoms with Crippen LogP contribution in [0.15, 0.2) is 24.3 Å². The molecule has 2 rings (SSSR count). The standard InChI is InChI=1S/C15H21N5O.ClH/c1-3-4-10(2)15(21)17-12-7-5-11(6-8-12)14-18-13(9-16)19-20-14;/h5-8,10H,3-4,9,16H2,1-2H3,(H,17,21)(H,18,19,20);1H. The summed E-state index contributed by atoms with van der Waals surface area (Å²) in [6, 6.07) is 7.46. The van der Waals surface area contributed by atoms with Crippen LogP contribution in [0.25, 0.3) is 11.4 Å². The van der Waals surface area contributed by atoms with E-state index in [1.54, 1.807) is 0 Å². The lowest BCUT2D eigenvalue weighted by atomic mass is 10.1. The van der Waals surface area contributed by atoms with Gasteiger partial charge in [0.05, 0.1) is 6.54 Å². The largest absolute Gasteiger partial charge is 0.326 e. The van der Waals surface area contributed by atoms with Crippen molar-refractivity contribution in [1.82, 2.24) is 15.2 Å². The normalized spacial score (nSPS) is 11.6. The second kappa shape index (κ2) is 8.51. The Morgan fingerprint density at radius 2 is 2.05 bits per heavy atom. The number of nitrogens with zero attached hydrogens (tertiary/aromatic N) is 2. The van der Waals surface area contributed by atoms with Crippen LogP contribution in [0, 0.1) is 5.92 Å². The molecule has 22 heavy (non-hydrogen) atoms. The molecular formula is C15H22ClN5O. The molecule has 1 unspecified atom stereocenters. The van der Waals surface area contributed by atoms with E-state index in [4.69, 9.17) is 5.73 Å². The summed E-state index contributed by atoms with van der Waals surface area (Å²) in [5.41, 5.74) is 7.15. The highest BCUT2D eigenvalue weighted by molar-refractivity contribution is 5.92. The Morgan fingerprint density at radius 1 is 1.36 bits per heavy atom. The fourth-order valence-corrected chi connectivity index (χ4v) is 2.05. The van der Waals surface area contributed by atoms with Crippen LogP contribution in [-0.2, 0) is 11.3 Å². The highest BCUT2D eigenvalue weighted by Crippen LogP contribution is 2.18. The third kappa shape index (κ3) is 4.54. The predicted octanol–water partition coefficient (Wildman–Crippen LogP) is 2.73. The molecule has 1 aromatic carbocycles. The van der Waals surface area contributed by atoms with Gasteiger partial charge in [0.25, 0.3) is 0 Å². The molecule has 1 atom stereocenters. The number of carbonyl (C=O) groups excluding carboxylic acids is 1. The second-order valence-electron chi connectivity index (χ2n) is 5.07. The van der Waals surface area contributed by atoms with Crippen LogP contribution >= 0.6 is 12.4 Å². The molecular weight excluding hydrogens is 302 g/mol. The molecule has 0 aliphatic heterocycles. The van der Waals surface area contributed by atoms with Crippen LogP contribution in [0.3, 0.4) is 0 Å². The molecule has 0 radical (unpaired) electrons. The monoisotopic (exact) mass is 323 g/mol. The average molecular weight is 324 g/mol. The maximum Gasteiger partial charge on any atom is 0.227 e. The van der Waals surface area contributed by atoms with E-state index in [1.807, 2.05) is 31.2 Å². The topological polar surface area (TPSA) is 96.7 Å². The molecule has 0 bridgehead atoms. The fourth-order valence-electron chi connectivity index (χ4n) is 2.05. The molecule has 7 heteroatoms. The number of rotatable bonds is 6. The Labute approximate surface area is 136 Å². The second-order valence-corrected chi connectivity index (χ2v) is 5.07. The third-order valence-electron chi connectivity index (χ3n) is 3.30. The summed E-state index contributed by atoms with van der Waals surface area (Å²) in [4.78, 5) is 16.2. The van der Waals surface area contributed by atoms with Gasteiger partial charge in [-0.1, -0.05) is 20.3 Å². The number of amides is 1. The van der Waals surface area contributed by atoms with Crippen molar-refractivity contribution in [2.45, 2.75) is 33.2 Å². The SMILES string of the molecule is CCCC(C)C(=O)Nc1ccc(-c2n[nH]c(CN)n2)cc1.Cl. The first-order chi connectivity index (χ1) is 10.1. The quantitative estimate of drug-likeness (QED) is 0.761. The van der Waals surface area contributed by atoms with Crippen molar-refractivity contribution in [3.05, 3.63) is 30.1 Å². The summed E-state index contributed by atoms with van der Waals surface area (Å²) in [6.07, 6.45) is 1.89. The van der Waals surface area contributed by atoms with Crippen LogP contribution in [0.1, 0.15) is 32.5 Å². The van der Waals surface area contributed by atoms with E-state index in [1.165, 1.54) is 0 Å². The van der Waals surface area contributed by atoms with E-state index in [9.17, 15) is 4.79 Å². The van der Waals surface area contributed by atoms with Gasteiger partial charge in [-0.25, -0.2) is 4.98 Å². The van der Waals surface area contributed by atoms with Crippen LogP contribution in [0.2, 0.25) is 0 Å². The summed E-state index contributed by atoms with van der Waals surface area (Å²) >= 11 is 0. The minimum atomic E-state index is 0. The maximum absolute atomic E-state index is 11.9. The van der Waals surface area contributed by atoms with E-state index < -0.39 is 0 Å². The summed E-state index contributed by atoms with van der Waals surface area (Å²) in [7, 11) is 0. The van der Waals surface area contributed by atoms with E-state index >= 15 is 0 Å². The van der Waals surface area contributed by atoms with Crippen molar-refractivity contribution >= 4 is 24.0 Å². The number of hydrogen-bond donors (Lipinski definition) is 3. The van der Waals surface area contributed by atoms with E-state index in [-0.39, 0.29) is 24.2 Å².